The fraction of sp³-hybridized carbons (Fsp3) is 0.538. The van der Waals surface area contributed by atoms with Gasteiger partial charge in [-0.2, -0.15) is 8.42 Å². The second kappa shape index (κ2) is 7.51. The third-order valence-corrected chi connectivity index (χ3v) is 3.77. The highest BCUT2D eigenvalue weighted by molar-refractivity contribution is 7.85. The van der Waals surface area contributed by atoms with Gasteiger partial charge in [-0.1, -0.05) is 32.3 Å². The highest BCUT2D eigenvalue weighted by atomic mass is 32.2. The lowest BCUT2D eigenvalue weighted by molar-refractivity contribution is 0.483. The maximum absolute atomic E-state index is 11.0. The first-order chi connectivity index (χ1) is 7.95. The minimum Gasteiger partial charge on any atom is -0.344 e. The number of hydrogen-bond acceptors (Lipinski definition) is 3. The van der Waals surface area contributed by atoms with Crippen LogP contribution in [0.15, 0.2) is 23.1 Å². The summed E-state index contributed by atoms with van der Waals surface area (Å²) < 4.78 is 31.0. The Bertz CT molecular complexity index is 469. The molecule has 0 amide bonds. The Morgan fingerprint density at radius 1 is 1.17 bits per heavy atom. The van der Waals surface area contributed by atoms with E-state index in [1.54, 1.807) is 12.1 Å². The lowest BCUT2D eigenvalue weighted by Crippen LogP contribution is -2.00. The molecule has 4 nitrogen and oxygen atoms in total. The molecule has 1 rings (SSSR count). The molecule has 1 aromatic carbocycles. The molecule has 0 saturated carbocycles. The molecule has 104 valence electrons. The third kappa shape index (κ3) is 5.16. The van der Waals surface area contributed by atoms with Gasteiger partial charge in [-0.05, 0) is 43.0 Å². The molecular formula is C13H23NO3S. The van der Waals surface area contributed by atoms with Crippen molar-refractivity contribution in [3.8, 4) is 0 Å². The molecule has 0 aliphatic rings. The van der Waals surface area contributed by atoms with E-state index in [0.29, 0.717) is 0 Å². The minimum atomic E-state index is -4.08. The van der Waals surface area contributed by atoms with Crippen LogP contribution in [0.3, 0.4) is 0 Å². The van der Waals surface area contributed by atoms with E-state index >= 15 is 0 Å². The second-order valence-electron chi connectivity index (χ2n) is 4.37. The Labute approximate surface area is 110 Å². The molecule has 18 heavy (non-hydrogen) atoms. The Balaban J connectivity index is 0.00000289. The zero-order valence-corrected chi connectivity index (χ0v) is 12.0. The van der Waals surface area contributed by atoms with Crippen LogP contribution in [0.1, 0.15) is 43.7 Å². The molecule has 0 radical (unpaired) electrons. The lowest BCUT2D eigenvalue weighted by Gasteiger charge is -2.07. The lowest BCUT2D eigenvalue weighted by atomic mass is 10.0. The van der Waals surface area contributed by atoms with Crippen molar-refractivity contribution >= 4 is 10.1 Å². The molecule has 5 heteroatoms. The second-order valence-corrected chi connectivity index (χ2v) is 5.80. The van der Waals surface area contributed by atoms with Crippen LogP contribution in [0.5, 0.6) is 0 Å². The maximum Gasteiger partial charge on any atom is 0.294 e. The van der Waals surface area contributed by atoms with Crippen molar-refractivity contribution < 1.29 is 13.0 Å². The summed E-state index contributed by atoms with van der Waals surface area (Å²) in [6.45, 7) is 4.12. The fourth-order valence-electron chi connectivity index (χ4n) is 1.82. The van der Waals surface area contributed by atoms with Crippen LogP contribution < -0.4 is 6.15 Å². The number of hydrogen-bond donors (Lipinski definition) is 2. The summed E-state index contributed by atoms with van der Waals surface area (Å²) in [7, 11) is -4.08. The number of unbranched alkanes of at least 4 members (excludes halogenated alkanes) is 3. The van der Waals surface area contributed by atoms with Gasteiger partial charge in [0.1, 0.15) is 0 Å². The van der Waals surface area contributed by atoms with Crippen molar-refractivity contribution in [2.75, 3.05) is 0 Å². The first-order valence-electron chi connectivity index (χ1n) is 6.02. The van der Waals surface area contributed by atoms with Crippen molar-refractivity contribution in [2.24, 2.45) is 0 Å². The van der Waals surface area contributed by atoms with Crippen LogP contribution in [-0.4, -0.2) is 13.0 Å². The molecule has 0 atom stereocenters. The third-order valence-electron chi connectivity index (χ3n) is 2.92. The predicted molar refractivity (Wildman–Crippen MR) is 73.9 cm³/mol. The molecule has 0 fully saturated rings. The molecule has 0 bridgehead atoms. The zero-order valence-electron chi connectivity index (χ0n) is 11.1. The molecule has 0 unspecified atom stereocenters. The van der Waals surface area contributed by atoms with E-state index in [1.807, 2.05) is 6.92 Å². The summed E-state index contributed by atoms with van der Waals surface area (Å²) in [5.74, 6) is 0. The molecule has 0 aliphatic carbocycles. The number of rotatable bonds is 6. The summed E-state index contributed by atoms with van der Waals surface area (Å²) in [4.78, 5) is -0.00593. The summed E-state index contributed by atoms with van der Waals surface area (Å²) in [6.07, 6.45) is 5.48. The molecule has 1 aromatic rings. The molecule has 0 aromatic heterocycles. The average molecular weight is 273 g/mol. The molecule has 4 N–H and O–H groups in total. The van der Waals surface area contributed by atoms with E-state index < -0.39 is 10.1 Å². The Morgan fingerprint density at radius 2 is 1.83 bits per heavy atom. The molecule has 0 aliphatic heterocycles. The largest absolute Gasteiger partial charge is 0.344 e. The van der Waals surface area contributed by atoms with Crippen molar-refractivity contribution in [1.82, 2.24) is 6.15 Å². The van der Waals surface area contributed by atoms with Crippen LogP contribution in [0, 0.1) is 6.92 Å². The number of benzene rings is 1. The summed E-state index contributed by atoms with van der Waals surface area (Å²) in [5.41, 5.74) is 2.09. The van der Waals surface area contributed by atoms with Gasteiger partial charge in [-0.15, -0.1) is 0 Å². The van der Waals surface area contributed by atoms with Crippen LogP contribution >= 0.6 is 0 Å². The fourth-order valence-corrected chi connectivity index (χ4v) is 2.35. The normalized spacial score (nSPS) is 11.1. The first-order valence-corrected chi connectivity index (χ1v) is 7.46. The minimum absolute atomic E-state index is 0. The van der Waals surface area contributed by atoms with Gasteiger partial charge in [0.2, 0.25) is 0 Å². The van der Waals surface area contributed by atoms with Gasteiger partial charge in [-0.25, -0.2) is 0 Å². The van der Waals surface area contributed by atoms with Crippen LogP contribution in [-0.2, 0) is 16.5 Å². The van der Waals surface area contributed by atoms with Gasteiger partial charge >= 0.3 is 0 Å². The standard InChI is InChI=1S/C13H20O3S.H3N/c1-3-4-5-6-7-12-10-13(17(14,15)16)9-8-11(12)2;/h8-10H,3-7H2,1-2H3,(H,14,15,16);1H3. The van der Waals surface area contributed by atoms with Crippen molar-refractivity contribution in [3.05, 3.63) is 29.3 Å². The van der Waals surface area contributed by atoms with Crippen molar-refractivity contribution in [2.45, 2.75) is 50.8 Å². The summed E-state index contributed by atoms with van der Waals surface area (Å²) >= 11 is 0. The van der Waals surface area contributed by atoms with E-state index in [2.05, 4.69) is 6.92 Å². The van der Waals surface area contributed by atoms with Gasteiger partial charge in [0, 0.05) is 0 Å². The average Bonchev–Trinajstić information content (AvgIpc) is 2.25. The van der Waals surface area contributed by atoms with Gasteiger partial charge in [0.15, 0.2) is 0 Å². The van der Waals surface area contributed by atoms with E-state index in [0.717, 1.165) is 30.4 Å². The molecule has 0 spiro atoms. The van der Waals surface area contributed by atoms with Gasteiger partial charge < -0.3 is 6.15 Å². The Kier molecular flexibility index (Phi) is 7.13. The zero-order chi connectivity index (χ0) is 12.9. The first kappa shape index (κ1) is 17.1. The van der Waals surface area contributed by atoms with Crippen LogP contribution in [0.4, 0.5) is 0 Å². The Hall–Kier alpha value is -0.910. The monoisotopic (exact) mass is 273 g/mol. The van der Waals surface area contributed by atoms with Crippen molar-refractivity contribution in [1.29, 1.82) is 0 Å². The highest BCUT2D eigenvalue weighted by Gasteiger charge is 2.10. The topological polar surface area (TPSA) is 89.4 Å². The van der Waals surface area contributed by atoms with E-state index in [4.69, 9.17) is 4.55 Å². The van der Waals surface area contributed by atoms with Gasteiger partial charge in [0.25, 0.3) is 10.1 Å². The maximum atomic E-state index is 11.0. The smallest absolute Gasteiger partial charge is 0.294 e. The Morgan fingerprint density at radius 3 is 2.39 bits per heavy atom. The molecular weight excluding hydrogens is 250 g/mol. The van der Waals surface area contributed by atoms with Crippen molar-refractivity contribution in [3.63, 3.8) is 0 Å². The van der Waals surface area contributed by atoms with Gasteiger partial charge in [-0.3, -0.25) is 4.55 Å². The van der Waals surface area contributed by atoms with E-state index in [9.17, 15) is 8.42 Å². The highest BCUT2D eigenvalue weighted by Crippen LogP contribution is 2.18. The van der Waals surface area contributed by atoms with Crippen LogP contribution in [0.2, 0.25) is 0 Å². The summed E-state index contributed by atoms with van der Waals surface area (Å²) in [6, 6.07) is 4.77. The predicted octanol–water partition coefficient (Wildman–Crippen LogP) is 3.53. The van der Waals surface area contributed by atoms with E-state index in [1.165, 1.54) is 18.9 Å². The molecule has 0 saturated heterocycles. The quantitative estimate of drug-likeness (QED) is 0.613. The van der Waals surface area contributed by atoms with Crippen LogP contribution in [0.25, 0.3) is 0 Å². The summed E-state index contributed by atoms with van der Waals surface area (Å²) in [5, 5.41) is 0. The number of aryl methyl sites for hydroxylation is 2. The van der Waals surface area contributed by atoms with E-state index in [-0.39, 0.29) is 11.0 Å². The van der Waals surface area contributed by atoms with Gasteiger partial charge in [0.05, 0.1) is 4.90 Å². The SMILES string of the molecule is CCCCCCc1cc(S(=O)(=O)O)ccc1C.N. The molecule has 0 heterocycles.